The predicted molar refractivity (Wildman–Crippen MR) is 137 cm³/mol. The van der Waals surface area contributed by atoms with E-state index in [0.717, 1.165) is 35.1 Å². The van der Waals surface area contributed by atoms with Crippen molar-refractivity contribution < 1.29 is 9.53 Å². The first kappa shape index (κ1) is 25.0. The van der Waals surface area contributed by atoms with Crippen molar-refractivity contribution in [3.05, 3.63) is 59.7 Å². The molecule has 0 aliphatic carbocycles. The molecule has 1 atom stereocenters. The highest BCUT2D eigenvalue weighted by Gasteiger charge is 2.24. The lowest BCUT2D eigenvalue weighted by Gasteiger charge is -2.26. The van der Waals surface area contributed by atoms with Crippen LogP contribution in [0.2, 0.25) is 0 Å². The van der Waals surface area contributed by atoms with E-state index in [2.05, 4.69) is 35.9 Å². The lowest BCUT2D eigenvalue weighted by atomic mass is 9.90. The first-order valence-electron chi connectivity index (χ1n) is 10.7. The Morgan fingerprint density at radius 2 is 1.90 bits per heavy atom. The molecule has 2 aromatic carbocycles. The monoisotopic (exact) mass is 536 g/mol. The van der Waals surface area contributed by atoms with Crippen molar-refractivity contribution in [2.24, 2.45) is 10.9 Å². The molecule has 31 heavy (non-hydrogen) atoms. The van der Waals surface area contributed by atoms with E-state index < -0.39 is 0 Å². The summed E-state index contributed by atoms with van der Waals surface area (Å²) in [7, 11) is 0. The lowest BCUT2D eigenvalue weighted by molar-refractivity contribution is -0.116. The van der Waals surface area contributed by atoms with Crippen LogP contribution in [0, 0.1) is 5.92 Å². The quantitative estimate of drug-likeness (QED) is 0.264. The van der Waals surface area contributed by atoms with Crippen LogP contribution in [0.15, 0.2) is 53.5 Å². The first-order chi connectivity index (χ1) is 14.5. The van der Waals surface area contributed by atoms with Gasteiger partial charge in [0.2, 0.25) is 5.91 Å². The number of nitrogens with zero attached hydrogens (tertiary/aromatic N) is 1. The van der Waals surface area contributed by atoms with Gasteiger partial charge < -0.3 is 20.7 Å². The minimum atomic E-state index is 0. The Morgan fingerprint density at radius 3 is 2.61 bits per heavy atom. The fourth-order valence-corrected chi connectivity index (χ4v) is 3.37. The third kappa shape index (κ3) is 7.72. The van der Waals surface area contributed by atoms with Crippen LogP contribution in [0.1, 0.15) is 44.2 Å². The van der Waals surface area contributed by atoms with Crippen LogP contribution in [0.4, 0.5) is 5.69 Å². The van der Waals surface area contributed by atoms with Crippen LogP contribution in [0.25, 0.3) is 0 Å². The van der Waals surface area contributed by atoms with E-state index in [4.69, 9.17) is 9.73 Å². The van der Waals surface area contributed by atoms with E-state index in [1.165, 1.54) is 0 Å². The van der Waals surface area contributed by atoms with E-state index in [9.17, 15) is 4.79 Å². The van der Waals surface area contributed by atoms with Gasteiger partial charge in [0.15, 0.2) is 5.96 Å². The number of guanidine groups is 1. The average Bonchev–Trinajstić information content (AvgIpc) is 2.74. The molecule has 7 heteroatoms. The third-order valence-electron chi connectivity index (χ3n) is 4.89. The van der Waals surface area contributed by atoms with Gasteiger partial charge in [-0.1, -0.05) is 44.2 Å². The fourth-order valence-electron chi connectivity index (χ4n) is 3.37. The molecule has 0 saturated heterocycles. The minimum absolute atomic E-state index is 0. The topological polar surface area (TPSA) is 74.8 Å². The third-order valence-corrected chi connectivity index (χ3v) is 4.89. The summed E-state index contributed by atoms with van der Waals surface area (Å²) in [4.78, 5) is 16.7. The SMILES string of the molecule is CCNC(=NCc1ccc(OCC(C)C)cc1)NCC1CC(=O)Nc2ccccc21.I. The number of nitrogens with one attached hydrogen (secondary N) is 3. The summed E-state index contributed by atoms with van der Waals surface area (Å²) < 4.78 is 5.74. The summed E-state index contributed by atoms with van der Waals surface area (Å²) in [5.74, 6) is 2.32. The van der Waals surface area contributed by atoms with E-state index in [1.54, 1.807) is 0 Å². The Hall–Kier alpha value is -2.29. The molecule has 6 nitrogen and oxygen atoms in total. The van der Waals surface area contributed by atoms with Gasteiger partial charge in [-0.15, -0.1) is 24.0 Å². The summed E-state index contributed by atoms with van der Waals surface area (Å²) in [6.07, 6.45) is 0.473. The Morgan fingerprint density at radius 1 is 1.16 bits per heavy atom. The van der Waals surface area contributed by atoms with Gasteiger partial charge in [-0.05, 0) is 42.2 Å². The summed E-state index contributed by atoms with van der Waals surface area (Å²) in [6.45, 7) is 9.03. The molecule has 1 aliphatic rings. The number of fused-ring (bicyclic) bond motifs is 1. The average molecular weight is 536 g/mol. The molecule has 0 saturated carbocycles. The van der Waals surface area contributed by atoms with Crippen molar-refractivity contribution in [2.75, 3.05) is 25.0 Å². The molecule has 1 unspecified atom stereocenters. The van der Waals surface area contributed by atoms with Crippen LogP contribution < -0.4 is 20.7 Å². The maximum Gasteiger partial charge on any atom is 0.225 e. The molecular weight excluding hydrogens is 503 g/mol. The van der Waals surface area contributed by atoms with Gasteiger partial charge in [-0.3, -0.25) is 4.79 Å². The number of hydrogen-bond acceptors (Lipinski definition) is 3. The van der Waals surface area contributed by atoms with E-state index in [0.29, 0.717) is 32.0 Å². The van der Waals surface area contributed by atoms with Gasteiger partial charge in [-0.2, -0.15) is 0 Å². The van der Waals surface area contributed by atoms with Crippen molar-refractivity contribution >= 4 is 41.5 Å². The normalized spacial score (nSPS) is 15.5. The molecule has 0 fully saturated rings. The summed E-state index contributed by atoms with van der Waals surface area (Å²) >= 11 is 0. The molecule has 2 aromatic rings. The van der Waals surface area contributed by atoms with Gasteiger partial charge in [-0.25, -0.2) is 4.99 Å². The minimum Gasteiger partial charge on any atom is -0.493 e. The van der Waals surface area contributed by atoms with Crippen LogP contribution in [0.3, 0.4) is 0 Å². The number of amides is 1. The van der Waals surface area contributed by atoms with Gasteiger partial charge in [0.25, 0.3) is 0 Å². The number of rotatable bonds is 8. The smallest absolute Gasteiger partial charge is 0.225 e. The predicted octanol–water partition coefficient (Wildman–Crippen LogP) is 4.52. The number of carbonyl (C=O) groups is 1. The summed E-state index contributed by atoms with van der Waals surface area (Å²) in [5, 5.41) is 9.63. The van der Waals surface area contributed by atoms with Crippen molar-refractivity contribution in [1.82, 2.24) is 10.6 Å². The molecular formula is C24H33IN4O2. The zero-order valence-corrected chi connectivity index (χ0v) is 20.8. The van der Waals surface area contributed by atoms with E-state index in [1.807, 2.05) is 49.4 Å². The second kappa shape index (κ2) is 12.5. The molecule has 0 bridgehead atoms. The van der Waals surface area contributed by atoms with Crippen molar-refractivity contribution in [2.45, 2.75) is 39.7 Å². The fraction of sp³-hybridized carbons (Fsp3) is 0.417. The maximum absolute atomic E-state index is 12.0. The molecule has 3 N–H and O–H groups in total. The largest absolute Gasteiger partial charge is 0.493 e. The second-order valence-electron chi connectivity index (χ2n) is 7.96. The van der Waals surface area contributed by atoms with Crippen LogP contribution >= 0.6 is 24.0 Å². The molecule has 1 aliphatic heterocycles. The zero-order chi connectivity index (χ0) is 21.3. The van der Waals surface area contributed by atoms with Crippen LogP contribution in [0.5, 0.6) is 5.75 Å². The van der Waals surface area contributed by atoms with Crippen molar-refractivity contribution in [3.8, 4) is 5.75 Å². The molecule has 168 valence electrons. The number of benzene rings is 2. The Balaban J connectivity index is 0.00000341. The number of halogens is 1. The number of hydrogen-bond donors (Lipinski definition) is 3. The van der Waals surface area contributed by atoms with Crippen LogP contribution in [-0.2, 0) is 11.3 Å². The van der Waals surface area contributed by atoms with E-state index in [-0.39, 0.29) is 35.8 Å². The zero-order valence-electron chi connectivity index (χ0n) is 18.5. The van der Waals surface area contributed by atoms with Gasteiger partial charge in [0, 0.05) is 31.1 Å². The summed E-state index contributed by atoms with van der Waals surface area (Å²) in [6, 6.07) is 16.1. The Kier molecular flexibility index (Phi) is 10.1. The Bertz CT molecular complexity index is 868. The van der Waals surface area contributed by atoms with Gasteiger partial charge >= 0.3 is 0 Å². The first-order valence-corrected chi connectivity index (χ1v) is 10.7. The number of carbonyl (C=O) groups excluding carboxylic acids is 1. The molecule has 0 radical (unpaired) electrons. The second-order valence-corrected chi connectivity index (χ2v) is 7.96. The standard InChI is InChI=1S/C24H32N4O2.HI/c1-4-25-24(26-14-18-9-11-20(12-10-18)30-16-17(2)3)27-15-19-13-23(29)28-22-8-6-5-7-21(19)22;/h5-12,17,19H,4,13-16H2,1-3H3,(H,28,29)(H2,25,26,27);1H. The van der Waals surface area contributed by atoms with Gasteiger partial charge in [0.05, 0.1) is 13.2 Å². The number of para-hydroxylation sites is 1. The highest BCUT2D eigenvalue weighted by molar-refractivity contribution is 14.0. The van der Waals surface area contributed by atoms with Crippen molar-refractivity contribution in [3.63, 3.8) is 0 Å². The number of anilines is 1. The maximum atomic E-state index is 12.0. The van der Waals surface area contributed by atoms with Gasteiger partial charge in [0.1, 0.15) is 5.75 Å². The van der Waals surface area contributed by atoms with E-state index >= 15 is 0 Å². The highest BCUT2D eigenvalue weighted by atomic mass is 127. The number of aliphatic imine (C=N–C) groups is 1. The molecule has 1 heterocycles. The Labute approximate surface area is 202 Å². The molecule has 0 aromatic heterocycles. The molecule has 1 amide bonds. The van der Waals surface area contributed by atoms with Crippen molar-refractivity contribution in [1.29, 1.82) is 0 Å². The lowest BCUT2D eigenvalue weighted by Crippen LogP contribution is -2.40. The summed E-state index contributed by atoms with van der Waals surface area (Å²) in [5.41, 5.74) is 3.19. The van der Waals surface area contributed by atoms with Crippen LogP contribution in [-0.4, -0.2) is 31.6 Å². The highest BCUT2D eigenvalue weighted by Crippen LogP contribution is 2.31. The molecule has 3 rings (SSSR count). The number of ether oxygens (including phenoxy) is 1. The molecule has 0 spiro atoms.